The molecule has 0 saturated carbocycles. The van der Waals surface area contributed by atoms with E-state index in [0.717, 1.165) is 71.5 Å². The molecule has 6 nitrogen and oxygen atoms in total. The molecular formula is C28H28BrN3O3S. The molecule has 0 atom stereocenters. The summed E-state index contributed by atoms with van der Waals surface area (Å²) in [4.78, 5) is 42.4. The van der Waals surface area contributed by atoms with E-state index in [2.05, 4.69) is 28.1 Å². The molecule has 2 aliphatic heterocycles. The fraction of sp³-hybridized carbons (Fsp3) is 0.321. The van der Waals surface area contributed by atoms with Gasteiger partial charge in [0.15, 0.2) is 0 Å². The first kappa shape index (κ1) is 24.8. The number of halogens is 1. The molecule has 0 spiro atoms. The van der Waals surface area contributed by atoms with Gasteiger partial charge in [0, 0.05) is 46.8 Å². The number of fused-ring (bicyclic) bond motifs is 1. The minimum absolute atomic E-state index is 0.111. The predicted molar refractivity (Wildman–Crippen MR) is 148 cm³/mol. The van der Waals surface area contributed by atoms with Gasteiger partial charge < -0.3 is 9.47 Å². The van der Waals surface area contributed by atoms with E-state index in [0.29, 0.717) is 11.4 Å². The van der Waals surface area contributed by atoms with Crippen molar-refractivity contribution in [2.45, 2.75) is 38.6 Å². The Bertz CT molecular complexity index is 1330. The van der Waals surface area contributed by atoms with Crippen LogP contribution in [0.5, 0.6) is 0 Å². The first-order chi connectivity index (χ1) is 17.5. The van der Waals surface area contributed by atoms with Gasteiger partial charge in [0.25, 0.3) is 11.1 Å². The van der Waals surface area contributed by atoms with E-state index in [9.17, 15) is 14.4 Å². The maximum Gasteiger partial charge on any atom is 0.293 e. The van der Waals surface area contributed by atoms with E-state index >= 15 is 0 Å². The van der Waals surface area contributed by atoms with Crippen LogP contribution in [0.1, 0.15) is 36.8 Å². The lowest BCUT2D eigenvalue weighted by molar-refractivity contribution is -0.132. The normalized spacial score (nSPS) is 17.5. The Morgan fingerprint density at radius 1 is 1.03 bits per heavy atom. The third-order valence-corrected chi connectivity index (χ3v) is 8.14. The Balaban J connectivity index is 1.35. The highest BCUT2D eigenvalue weighted by Gasteiger charge is 2.34. The van der Waals surface area contributed by atoms with Crippen LogP contribution in [-0.4, -0.2) is 51.1 Å². The number of aromatic nitrogens is 1. The molecule has 2 aromatic carbocycles. The monoisotopic (exact) mass is 565 g/mol. The molecule has 5 rings (SSSR count). The first-order valence-corrected chi connectivity index (χ1v) is 14.0. The van der Waals surface area contributed by atoms with Crippen molar-refractivity contribution < 1.29 is 14.4 Å². The van der Waals surface area contributed by atoms with Gasteiger partial charge in [-0.05, 0) is 73.7 Å². The molecule has 0 unspecified atom stereocenters. The molecule has 0 bridgehead atoms. The molecule has 2 fully saturated rings. The van der Waals surface area contributed by atoms with Gasteiger partial charge in [-0.2, -0.15) is 0 Å². The van der Waals surface area contributed by atoms with Crippen molar-refractivity contribution in [3.63, 3.8) is 0 Å². The lowest BCUT2D eigenvalue weighted by Crippen LogP contribution is -2.37. The Hall–Kier alpha value is -2.84. The molecule has 186 valence electrons. The summed E-state index contributed by atoms with van der Waals surface area (Å²) in [5, 5.41) is 0.705. The molecule has 1 aromatic heterocycles. The van der Waals surface area contributed by atoms with Crippen molar-refractivity contribution >= 4 is 61.7 Å². The van der Waals surface area contributed by atoms with Crippen molar-refractivity contribution in [1.82, 2.24) is 14.4 Å². The van der Waals surface area contributed by atoms with Crippen LogP contribution in [0.4, 0.5) is 4.79 Å². The van der Waals surface area contributed by atoms with Crippen LogP contribution >= 0.6 is 27.7 Å². The zero-order valence-electron chi connectivity index (χ0n) is 20.0. The summed E-state index contributed by atoms with van der Waals surface area (Å²) in [7, 11) is 0. The second-order valence-electron chi connectivity index (χ2n) is 9.24. The van der Waals surface area contributed by atoms with Gasteiger partial charge in [-0.3, -0.25) is 19.3 Å². The number of hydrogen-bond donors (Lipinski definition) is 0. The van der Waals surface area contributed by atoms with Crippen LogP contribution < -0.4 is 0 Å². The number of rotatable bonds is 7. The number of nitrogens with zero attached hydrogens (tertiary/aromatic N) is 3. The third-order valence-electron chi connectivity index (χ3n) is 6.74. The number of aryl methyl sites for hydroxylation is 1. The van der Waals surface area contributed by atoms with Crippen LogP contribution in [0.25, 0.3) is 17.0 Å². The van der Waals surface area contributed by atoms with E-state index in [4.69, 9.17) is 0 Å². The van der Waals surface area contributed by atoms with Crippen LogP contribution in [0.3, 0.4) is 0 Å². The molecule has 36 heavy (non-hydrogen) atoms. The number of imide groups is 1. The quantitative estimate of drug-likeness (QED) is 0.325. The number of thioether (sulfide) groups is 1. The fourth-order valence-electron chi connectivity index (χ4n) is 4.85. The maximum atomic E-state index is 13.1. The highest BCUT2D eigenvalue weighted by atomic mass is 79.9. The van der Waals surface area contributed by atoms with Gasteiger partial charge in [0.1, 0.15) is 6.54 Å². The standard InChI is InChI=1S/C28H28BrN3O3S/c29-22-11-12-24-23(17-22)21(18-31(24)19-26(33)30-13-5-2-6-14-30)16-25-27(34)32(28(35)36-25)15-7-10-20-8-3-1-4-9-20/h1,3-4,8-9,11-12,16-18H,2,5-7,10,13-15,19H2/b25-16-. The summed E-state index contributed by atoms with van der Waals surface area (Å²) in [6.07, 6.45) is 8.53. The van der Waals surface area contributed by atoms with Gasteiger partial charge in [0.05, 0.1) is 4.91 Å². The SMILES string of the molecule is O=C(Cn1cc(/C=C2\SC(=O)N(CCCc3ccccc3)C2=O)c2cc(Br)ccc21)N1CCCCC1. The smallest absolute Gasteiger partial charge is 0.293 e. The van der Waals surface area contributed by atoms with Crippen molar-refractivity contribution in [2.75, 3.05) is 19.6 Å². The minimum atomic E-state index is -0.252. The molecule has 3 amide bonds. The summed E-state index contributed by atoms with van der Waals surface area (Å²) in [5.41, 5.74) is 2.95. The molecule has 8 heteroatoms. The van der Waals surface area contributed by atoms with Crippen LogP contribution in [-0.2, 0) is 22.6 Å². The number of amides is 3. The number of likely N-dealkylation sites (tertiary alicyclic amines) is 1. The van der Waals surface area contributed by atoms with Crippen molar-refractivity contribution in [1.29, 1.82) is 0 Å². The molecular weight excluding hydrogens is 538 g/mol. The molecule has 0 N–H and O–H groups in total. The van der Waals surface area contributed by atoms with Gasteiger partial charge in [0.2, 0.25) is 5.91 Å². The van der Waals surface area contributed by atoms with Crippen molar-refractivity contribution in [3.05, 3.63) is 75.2 Å². The Labute approximate surface area is 223 Å². The van der Waals surface area contributed by atoms with Gasteiger partial charge in [-0.1, -0.05) is 46.3 Å². The van der Waals surface area contributed by atoms with Gasteiger partial charge in [-0.15, -0.1) is 0 Å². The predicted octanol–water partition coefficient (Wildman–Crippen LogP) is 6.09. The molecule has 0 radical (unpaired) electrons. The topological polar surface area (TPSA) is 62.6 Å². The largest absolute Gasteiger partial charge is 0.341 e. The third kappa shape index (κ3) is 5.44. The number of carbonyl (C=O) groups excluding carboxylic acids is 3. The van der Waals surface area contributed by atoms with Crippen molar-refractivity contribution in [3.8, 4) is 0 Å². The fourth-order valence-corrected chi connectivity index (χ4v) is 6.07. The molecule has 0 aliphatic carbocycles. The van der Waals surface area contributed by atoms with Crippen molar-refractivity contribution in [2.24, 2.45) is 0 Å². The lowest BCUT2D eigenvalue weighted by Gasteiger charge is -2.27. The first-order valence-electron chi connectivity index (χ1n) is 12.3. The van der Waals surface area contributed by atoms with E-state index < -0.39 is 0 Å². The average Bonchev–Trinajstić information content (AvgIpc) is 3.36. The summed E-state index contributed by atoms with van der Waals surface area (Å²) < 4.78 is 2.87. The van der Waals surface area contributed by atoms with E-state index in [1.54, 1.807) is 6.08 Å². The zero-order valence-corrected chi connectivity index (χ0v) is 22.4. The van der Waals surface area contributed by atoms with E-state index in [1.165, 1.54) is 16.9 Å². The number of benzene rings is 2. The number of hydrogen-bond acceptors (Lipinski definition) is 4. The highest BCUT2D eigenvalue weighted by Crippen LogP contribution is 2.35. The van der Waals surface area contributed by atoms with Crippen LogP contribution in [0, 0.1) is 0 Å². The second-order valence-corrected chi connectivity index (χ2v) is 11.1. The van der Waals surface area contributed by atoms with Gasteiger partial charge in [-0.25, -0.2) is 0 Å². The summed E-state index contributed by atoms with van der Waals surface area (Å²) in [5.74, 6) is -0.141. The van der Waals surface area contributed by atoms with E-state index in [1.807, 2.05) is 52.1 Å². The van der Waals surface area contributed by atoms with Crippen LogP contribution in [0.2, 0.25) is 0 Å². The summed E-state index contributed by atoms with van der Waals surface area (Å²) >= 11 is 4.52. The average molecular weight is 567 g/mol. The molecule has 2 saturated heterocycles. The van der Waals surface area contributed by atoms with Crippen LogP contribution in [0.15, 0.2) is 64.1 Å². The number of piperidine rings is 1. The Morgan fingerprint density at radius 3 is 2.58 bits per heavy atom. The Kier molecular flexibility index (Phi) is 7.62. The molecule has 2 aliphatic rings. The highest BCUT2D eigenvalue weighted by molar-refractivity contribution is 9.10. The minimum Gasteiger partial charge on any atom is -0.341 e. The summed E-state index contributed by atoms with van der Waals surface area (Å²) in [6.45, 7) is 2.28. The second kappa shape index (κ2) is 11.0. The summed E-state index contributed by atoms with van der Waals surface area (Å²) in [6, 6.07) is 16.0. The molecule has 3 aromatic rings. The number of carbonyl (C=O) groups is 3. The van der Waals surface area contributed by atoms with E-state index in [-0.39, 0.29) is 23.6 Å². The van der Waals surface area contributed by atoms with Gasteiger partial charge >= 0.3 is 0 Å². The lowest BCUT2D eigenvalue weighted by atomic mass is 10.1. The zero-order chi connectivity index (χ0) is 25.1. The molecule has 3 heterocycles. The maximum absolute atomic E-state index is 13.1. The Morgan fingerprint density at radius 2 is 1.81 bits per heavy atom.